The summed E-state index contributed by atoms with van der Waals surface area (Å²) in [6, 6.07) is 9.11. The van der Waals surface area contributed by atoms with Crippen molar-refractivity contribution >= 4 is 12.1 Å². The Morgan fingerprint density at radius 3 is 2.41 bits per heavy atom. The molecule has 0 aromatic heterocycles. The van der Waals surface area contributed by atoms with Crippen LogP contribution in [-0.4, -0.2) is 55.8 Å². The van der Waals surface area contributed by atoms with Crippen LogP contribution >= 0.6 is 0 Å². The summed E-state index contributed by atoms with van der Waals surface area (Å²) in [4.78, 5) is 18.3. The van der Waals surface area contributed by atoms with Crippen molar-refractivity contribution in [1.82, 2.24) is 15.5 Å². The molecule has 1 saturated heterocycles. The Hall–Kier alpha value is -2.24. The molecule has 0 unspecified atom stereocenters. The zero-order valence-electron chi connectivity index (χ0n) is 17.0. The lowest BCUT2D eigenvalue weighted by Gasteiger charge is -2.32. The van der Waals surface area contributed by atoms with E-state index in [1.807, 2.05) is 6.92 Å². The Morgan fingerprint density at radius 1 is 1.15 bits per heavy atom. The van der Waals surface area contributed by atoms with E-state index in [9.17, 15) is 4.79 Å². The normalized spacial score (nSPS) is 15.5. The quantitative estimate of drug-likeness (QED) is 0.569. The molecule has 0 spiro atoms. The molecule has 0 atom stereocenters. The minimum Gasteiger partial charge on any atom is -0.450 e. The van der Waals surface area contributed by atoms with Crippen molar-refractivity contribution in [2.75, 3.05) is 32.8 Å². The minimum absolute atomic E-state index is 0.203. The molecule has 2 rings (SSSR count). The van der Waals surface area contributed by atoms with Gasteiger partial charge in [0.1, 0.15) is 0 Å². The van der Waals surface area contributed by atoms with Gasteiger partial charge in [-0.1, -0.05) is 31.2 Å². The van der Waals surface area contributed by atoms with E-state index < -0.39 is 0 Å². The number of guanidine groups is 1. The number of aryl methyl sites for hydroxylation is 1. The third kappa shape index (κ3) is 7.12. The molecule has 1 aliphatic rings. The maximum absolute atomic E-state index is 11.8. The highest BCUT2D eigenvalue weighted by molar-refractivity contribution is 5.80. The van der Waals surface area contributed by atoms with Gasteiger partial charge in [0.15, 0.2) is 5.96 Å². The third-order valence-corrected chi connectivity index (χ3v) is 4.81. The van der Waals surface area contributed by atoms with Crippen LogP contribution in [0.5, 0.6) is 0 Å². The van der Waals surface area contributed by atoms with Gasteiger partial charge in [0.25, 0.3) is 0 Å². The Kier molecular flexibility index (Phi) is 8.95. The molecule has 27 heavy (non-hydrogen) atoms. The van der Waals surface area contributed by atoms with Gasteiger partial charge < -0.3 is 20.3 Å². The monoisotopic (exact) mass is 374 g/mol. The number of amides is 1. The van der Waals surface area contributed by atoms with Crippen LogP contribution in [0.25, 0.3) is 0 Å². The lowest BCUT2D eigenvalue weighted by Crippen LogP contribution is -2.50. The predicted molar refractivity (Wildman–Crippen MR) is 110 cm³/mol. The van der Waals surface area contributed by atoms with Crippen LogP contribution in [0.3, 0.4) is 0 Å². The smallest absolute Gasteiger partial charge is 0.409 e. The second-order valence-corrected chi connectivity index (χ2v) is 6.79. The predicted octanol–water partition coefficient (Wildman–Crippen LogP) is 2.97. The number of rotatable bonds is 7. The first-order valence-electron chi connectivity index (χ1n) is 10.2. The Balaban J connectivity index is 1.80. The summed E-state index contributed by atoms with van der Waals surface area (Å²) in [5, 5.41) is 6.84. The second-order valence-electron chi connectivity index (χ2n) is 6.79. The molecular formula is C21H34N4O2. The van der Waals surface area contributed by atoms with E-state index in [0.29, 0.717) is 12.6 Å². The number of likely N-dealkylation sites (tertiary alicyclic amines) is 1. The molecule has 150 valence electrons. The molecular weight excluding hydrogens is 340 g/mol. The first kappa shape index (κ1) is 21.1. The molecule has 6 heteroatoms. The number of nitrogens with zero attached hydrogens (tertiary/aromatic N) is 2. The summed E-state index contributed by atoms with van der Waals surface area (Å²) in [6.45, 7) is 9.54. The van der Waals surface area contributed by atoms with E-state index in [1.165, 1.54) is 11.1 Å². The highest BCUT2D eigenvalue weighted by Crippen LogP contribution is 2.11. The minimum atomic E-state index is -0.203. The van der Waals surface area contributed by atoms with E-state index in [0.717, 1.165) is 57.8 Å². The van der Waals surface area contributed by atoms with Crippen molar-refractivity contribution in [3.05, 3.63) is 35.4 Å². The van der Waals surface area contributed by atoms with Crippen LogP contribution in [0.15, 0.2) is 29.3 Å². The van der Waals surface area contributed by atoms with Gasteiger partial charge in [-0.3, -0.25) is 4.99 Å². The van der Waals surface area contributed by atoms with Gasteiger partial charge in [0, 0.05) is 32.2 Å². The maximum atomic E-state index is 11.8. The van der Waals surface area contributed by atoms with Crippen molar-refractivity contribution in [2.45, 2.75) is 52.5 Å². The van der Waals surface area contributed by atoms with E-state index in [1.54, 1.807) is 4.90 Å². The zero-order valence-corrected chi connectivity index (χ0v) is 17.0. The van der Waals surface area contributed by atoms with Gasteiger partial charge in [-0.05, 0) is 50.7 Å². The largest absolute Gasteiger partial charge is 0.450 e. The second kappa shape index (κ2) is 11.5. The number of hydrogen-bond acceptors (Lipinski definition) is 3. The average molecular weight is 375 g/mol. The Labute approximate surface area is 163 Å². The Morgan fingerprint density at radius 2 is 1.81 bits per heavy atom. The van der Waals surface area contributed by atoms with Crippen molar-refractivity contribution in [1.29, 1.82) is 0 Å². The summed E-state index contributed by atoms with van der Waals surface area (Å²) < 4.78 is 5.08. The molecule has 1 aliphatic heterocycles. The number of carbonyl (C=O) groups excluding carboxylic acids is 1. The van der Waals surface area contributed by atoms with Crippen LogP contribution in [-0.2, 0) is 17.6 Å². The fraction of sp³-hybridized carbons (Fsp3) is 0.619. The summed E-state index contributed by atoms with van der Waals surface area (Å²) >= 11 is 0. The number of benzene rings is 1. The molecule has 1 aromatic rings. The highest BCUT2D eigenvalue weighted by Gasteiger charge is 2.23. The van der Waals surface area contributed by atoms with E-state index in [2.05, 4.69) is 48.7 Å². The first-order chi connectivity index (χ1) is 13.2. The van der Waals surface area contributed by atoms with Crippen molar-refractivity contribution in [3.8, 4) is 0 Å². The van der Waals surface area contributed by atoms with Gasteiger partial charge >= 0.3 is 6.09 Å². The fourth-order valence-corrected chi connectivity index (χ4v) is 3.17. The third-order valence-electron chi connectivity index (χ3n) is 4.81. The number of aliphatic imine (C=N–C) groups is 1. The van der Waals surface area contributed by atoms with E-state index in [-0.39, 0.29) is 6.09 Å². The van der Waals surface area contributed by atoms with Gasteiger partial charge in [-0.25, -0.2) is 4.79 Å². The highest BCUT2D eigenvalue weighted by atomic mass is 16.6. The number of nitrogens with one attached hydrogen (secondary N) is 2. The molecule has 6 nitrogen and oxygen atoms in total. The molecule has 1 amide bonds. The van der Waals surface area contributed by atoms with Crippen LogP contribution < -0.4 is 10.6 Å². The summed E-state index contributed by atoms with van der Waals surface area (Å²) in [7, 11) is 0. The summed E-state index contributed by atoms with van der Waals surface area (Å²) in [5.41, 5.74) is 2.68. The molecule has 1 fully saturated rings. The van der Waals surface area contributed by atoms with Crippen LogP contribution in [0, 0.1) is 0 Å². The standard InChI is InChI=1S/C21H34N4O2/c1-4-17-7-9-18(10-8-17)11-14-23-20(22-5-2)24-19-12-15-25(16-13-19)21(26)27-6-3/h7-10,19H,4-6,11-16H2,1-3H3,(H2,22,23,24). The summed E-state index contributed by atoms with van der Waals surface area (Å²) in [5.74, 6) is 0.859. The van der Waals surface area contributed by atoms with Gasteiger partial charge in [-0.15, -0.1) is 0 Å². The lowest BCUT2D eigenvalue weighted by atomic mass is 10.1. The van der Waals surface area contributed by atoms with Gasteiger partial charge in [0.2, 0.25) is 0 Å². The average Bonchev–Trinajstić information content (AvgIpc) is 2.69. The maximum Gasteiger partial charge on any atom is 0.409 e. The van der Waals surface area contributed by atoms with Gasteiger partial charge in [-0.2, -0.15) is 0 Å². The number of ether oxygens (including phenoxy) is 1. The molecule has 1 heterocycles. The molecule has 0 saturated carbocycles. The summed E-state index contributed by atoms with van der Waals surface area (Å²) in [6.07, 6.45) is 3.61. The molecule has 0 bridgehead atoms. The number of carbonyl (C=O) groups is 1. The van der Waals surface area contributed by atoms with E-state index >= 15 is 0 Å². The van der Waals surface area contributed by atoms with E-state index in [4.69, 9.17) is 9.73 Å². The SMILES string of the molecule is CCNC(=NCCc1ccc(CC)cc1)NC1CCN(C(=O)OCC)CC1. The lowest BCUT2D eigenvalue weighted by molar-refractivity contribution is 0.0963. The van der Waals surface area contributed by atoms with Crippen molar-refractivity contribution in [3.63, 3.8) is 0 Å². The van der Waals surface area contributed by atoms with Gasteiger partial charge in [0.05, 0.1) is 6.61 Å². The molecule has 0 radical (unpaired) electrons. The number of piperidine rings is 1. The van der Waals surface area contributed by atoms with Crippen LogP contribution in [0.2, 0.25) is 0 Å². The van der Waals surface area contributed by atoms with Crippen LogP contribution in [0.4, 0.5) is 4.79 Å². The first-order valence-corrected chi connectivity index (χ1v) is 10.2. The fourth-order valence-electron chi connectivity index (χ4n) is 3.17. The topological polar surface area (TPSA) is 66.0 Å². The Bertz CT molecular complexity index is 593. The van der Waals surface area contributed by atoms with Crippen LogP contribution in [0.1, 0.15) is 44.7 Å². The zero-order chi connectivity index (χ0) is 19.5. The molecule has 1 aromatic carbocycles. The van der Waals surface area contributed by atoms with Crippen molar-refractivity contribution < 1.29 is 9.53 Å². The molecule has 0 aliphatic carbocycles. The number of hydrogen-bond donors (Lipinski definition) is 2. The van der Waals surface area contributed by atoms with Crippen molar-refractivity contribution in [2.24, 2.45) is 4.99 Å². The molecule has 2 N–H and O–H groups in total.